The smallest absolute Gasteiger partial charge is 0.320 e. The van der Waals surface area contributed by atoms with E-state index in [0.717, 1.165) is 22.6 Å². The summed E-state index contributed by atoms with van der Waals surface area (Å²) in [6, 6.07) is 14.9. The summed E-state index contributed by atoms with van der Waals surface area (Å²) in [4.78, 5) is 12.1. The molecule has 0 unspecified atom stereocenters. The lowest BCUT2D eigenvalue weighted by Gasteiger charge is -2.13. The monoisotopic (exact) mass is 336 g/mol. The van der Waals surface area contributed by atoms with Crippen LogP contribution in [0.1, 0.15) is 18.3 Å². The van der Waals surface area contributed by atoms with Gasteiger partial charge in [-0.1, -0.05) is 30.3 Å². The number of carbonyl (C=O) groups excluding carboxylic acids is 1. The van der Waals surface area contributed by atoms with Gasteiger partial charge in [-0.15, -0.1) is 10.2 Å². The van der Waals surface area contributed by atoms with Gasteiger partial charge in [0.15, 0.2) is 5.82 Å². The fourth-order valence-electron chi connectivity index (χ4n) is 2.48. The molecule has 3 N–H and O–H groups in total. The third-order valence-electron chi connectivity index (χ3n) is 3.63. The normalized spacial score (nSPS) is 11.8. The number of aromatic nitrogens is 4. The maximum absolute atomic E-state index is 12.1. The number of aromatic amines is 1. The third kappa shape index (κ3) is 4.63. The van der Waals surface area contributed by atoms with Crippen molar-refractivity contribution in [1.29, 1.82) is 0 Å². The van der Waals surface area contributed by atoms with Crippen molar-refractivity contribution in [2.45, 2.75) is 26.3 Å². The third-order valence-corrected chi connectivity index (χ3v) is 3.63. The van der Waals surface area contributed by atoms with E-state index >= 15 is 0 Å². The predicted molar refractivity (Wildman–Crippen MR) is 96.1 cm³/mol. The number of carbonyl (C=O) groups is 1. The minimum Gasteiger partial charge on any atom is -0.335 e. The van der Waals surface area contributed by atoms with Crippen molar-refractivity contribution >= 4 is 11.8 Å². The SMILES string of the molecule is Cc1cc(C[C@@H](C)NC(=O)Nc2ccc(-c3ccccc3)nn2)n[nH]1. The predicted octanol–water partition coefficient (Wildman–Crippen LogP) is 2.93. The summed E-state index contributed by atoms with van der Waals surface area (Å²) in [7, 11) is 0. The van der Waals surface area contributed by atoms with E-state index in [0.29, 0.717) is 12.2 Å². The first-order valence-corrected chi connectivity index (χ1v) is 8.08. The van der Waals surface area contributed by atoms with Gasteiger partial charge in [0.05, 0.1) is 11.4 Å². The molecule has 0 fully saturated rings. The molecule has 0 aliphatic rings. The Labute approximate surface area is 145 Å². The molecule has 0 saturated heterocycles. The van der Waals surface area contributed by atoms with E-state index in [1.807, 2.05) is 56.3 Å². The Morgan fingerprint density at radius 1 is 1.16 bits per heavy atom. The number of nitrogens with zero attached hydrogens (tertiary/aromatic N) is 3. The number of nitrogens with one attached hydrogen (secondary N) is 3. The van der Waals surface area contributed by atoms with Crippen molar-refractivity contribution in [3.05, 3.63) is 59.9 Å². The van der Waals surface area contributed by atoms with Crippen molar-refractivity contribution in [2.24, 2.45) is 0 Å². The number of hydrogen-bond donors (Lipinski definition) is 3. The van der Waals surface area contributed by atoms with Crippen LogP contribution in [0.3, 0.4) is 0 Å². The van der Waals surface area contributed by atoms with Crippen molar-refractivity contribution in [1.82, 2.24) is 25.7 Å². The average molecular weight is 336 g/mol. The van der Waals surface area contributed by atoms with Crippen molar-refractivity contribution in [3.63, 3.8) is 0 Å². The number of benzene rings is 1. The van der Waals surface area contributed by atoms with Crippen molar-refractivity contribution in [2.75, 3.05) is 5.32 Å². The van der Waals surface area contributed by atoms with Crippen LogP contribution < -0.4 is 10.6 Å². The number of urea groups is 1. The number of anilines is 1. The highest BCUT2D eigenvalue weighted by atomic mass is 16.2. The van der Waals surface area contributed by atoms with Gasteiger partial charge >= 0.3 is 6.03 Å². The van der Waals surface area contributed by atoms with E-state index in [1.165, 1.54) is 0 Å². The molecule has 3 aromatic rings. The molecule has 2 aromatic heterocycles. The molecule has 1 aromatic carbocycles. The Bertz CT molecular complexity index is 828. The summed E-state index contributed by atoms with van der Waals surface area (Å²) in [5.74, 6) is 0.403. The Kier molecular flexibility index (Phi) is 5.03. The number of H-pyrrole nitrogens is 1. The van der Waals surface area contributed by atoms with E-state index in [-0.39, 0.29) is 12.1 Å². The van der Waals surface area contributed by atoms with Crippen LogP contribution in [-0.4, -0.2) is 32.5 Å². The lowest BCUT2D eigenvalue weighted by molar-refractivity contribution is 0.249. The van der Waals surface area contributed by atoms with Gasteiger partial charge < -0.3 is 5.32 Å². The summed E-state index contributed by atoms with van der Waals surface area (Å²) in [6.07, 6.45) is 0.649. The lowest BCUT2D eigenvalue weighted by Crippen LogP contribution is -2.37. The van der Waals surface area contributed by atoms with Gasteiger partial charge in [-0.05, 0) is 32.0 Å². The maximum Gasteiger partial charge on any atom is 0.320 e. The Morgan fingerprint density at radius 2 is 1.96 bits per heavy atom. The second kappa shape index (κ2) is 7.57. The molecule has 128 valence electrons. The van der Waals surface area contributed by atoms with E-state index in [2.05, 4.69) is 31.0 Å². The molecule has 3 rings (SSSR count). The highest BCUT2D eigenvalue weighted by molar-refractivity contribution is 5.88. The maximum atomic E-state index is 12.1. The summed E-state index contributed by atoms with van der Waals surface area (Å²) < 4.78 is 0. The average Bonchev–Trinajstić information content (AvgIpc) is 3.01. The second-order valence-electron chi connectivity index (χ2n) is 5.92. The van der Waals surface area contributed by atoms with Gasteiger partial charge in [-0.2, -0.15) is 5.10 Å². The molecular weight excluding hydrogens is 316 g/mol. The minimum absolute atomic E-state index is 0.0562. The van der Waals surface area contributed by atoms with Gasteiger partial charge in [0.2, 0.25) is 0 Å². The largest absolute Gasteiger partial charge is 0.335 e. The molecule has 0 aliphatic carbocycles. The molecule has 2 amide bonds. The number of aryl methyl sites for hydroxylation is 1. The second-order valence-corrected chi connectivity index (χ2v) is 5.92. The zero-order valence-electron chi connectivity index (χ0n) is 14.2. The van der Waals surface area contributed by atoms with Crippen molar-refractivity contribution < 1.29 is 4.79 Å². The number of amides is 2. The van der Waals surface area contributed by atoms with Crippen LogP contribution in [0.5, 0.6) is 0 Å². The number of hydrogen-bond acceptors (Lipinski definition) is 4. The van der Waals surface area contributed by atoms with E-state index < -0.39 is 0 Å². The Balaban J connectivity index is 1.54. The fraction of sp³-hybridized carbons (Fsp3) is 0.222. The zero-order valence-corrected chi connectivity index (χ0v) is 14.2. The van der Waals surface area contributed by atoms with Crippen molar-refractivity contribution in [3.8, 4) is 11.3 Å². The molecule has 7 heteroatoms. The highest BCUT2D eigenvalue weighted by Gasteiger charge is 2.11. The van der Waals surface area contributed by atoms with E-state index in [4.69, 9.17) is 0 Å². The first-order chi connectivity index (χ1) is 12.1. The van der Waals surface area contributed by atoms with Gasteiger partial charge in [-0.25, -0.2) is 4.79 Å². The molecule has 25 heavy (non-hydrogen) atoms. The molecule has 0 saturated carbocycles. The minimum atomic E-state index is -0.318. The molecule has 0 radical (unpaired) electrons. The van der Waals surface area contributed by atoms with Crippen LogP contribution >= 0.6 is 0 Å². The summed E-state index contributed by atoms with van der Waals surface area (Å²) in [6.45, 7) is 3.87. The van der Waals surface area contributed by atoms with Crippen LogP contribution in [0.2, 0.25) is 0 Å². The van der Waals surface area contributed by atoms with Gasteiger partial charge in [0.1, 0.15) is 0 Å². The molecule has 1 atom stereocenters. The fourth-order valence-corrected chi connectivity index (χ4v) is 2.48. The summed E-state index contributed by atoms with van der Waals surface area (Å²) >= 11 is 0. The zero-order chi connectivity index (χ0) is 17.6. The van der Waals surface area contributed by atoms with Crippen LogP contribution in [0.25, 0.3) is 11.3 Å². The van der Waals surface area contributed by atoms with E-state index in [9.17, 15) is 4.79 Å². The van der Waals surface area contributed by atoms with Crippen LogP contribution in [0, 0.1) is 6.92 Å². The quantitative estimate of drug-likeness (QED) is 0.667. The molecule has 7 nitrogen and oxygen atoms in total. The first kappa shape index (κ1) is 16.6. The molecule has 0 aliphatic heterocycles. The number of rotatable bonds is 5. The standard InChI is InChI=1S/C18H20N6O/c1-12(10-15-11-13(2)21-22-15)19-18(25)20-17-9-8-16(23-24-17)14-6-4-3-5-7-14/h3-9,11-12H,10H2,1-2H3,(H,21,22)(H2,19,20,24,25)/t12-/m1/s1. The van der Waals surface area contributed by atoms with Gasteiger partial charge in [-0.3, -0.25) is 10.4 Å². The van der Waals surface area contributed by atoms with Gasteiger partial charge in [0.25, 0.3) is 0 Å². The topological polar surface area (TPSA) is 95.6 Å². The van der Waals surface area contributed by atoms with E-state index in [1.54, 1.807) is 6.07 Å². The van der Waals surface area contributed by atoms with Gasteiger partial charge in [0, 0.05) is 23.7 Å². The summed E-state index contributed by atoms with van der Waals surface area (Å²) in [5, 5.41) is 20.8. The molecule has 0 bridgehead atoms. The van der Waals surface area contributed by atoms with Crippen LogP contribution in [0.4, 0.5) is 10.6 Å². The molecular formula is C18H20N6O. The lowest BCUT2D eigenvalue weighted by atomic mass is 10.1. The van der Waals surface area contributed by atoms with Crippen LogP contribution in [0.15, 0.2) is 48.5 Å². The Morgan fingerprint density at radius 3 is 2.60 bits per heavy atom. The summed E-state index contributed by atoms with van der Waals surface area (Å²) in [5.41, 5.74) is 3.65. The molecule has 2 heterocycles. The molecule has 0 spiro atoms. The highest BCUT2D eigenvalue weighted by Crippen LogP contribution is 2.16. The first-order valence-electron chi connectivity index (χ1n) is 8.08. The van der Waals surface area contributed by atoms with Crippen LogP contribution in [-0.2, 0) is 6.42 Å². The Hall–Kier alpha value is -3.22.